The second kappa shape index (κ2) is 6.20. The summed E-state index contributed by atoms with van der Waals surface area (Å²) < 4.78 is 34.0. The maximum Gasteiger partial charge on any atom is 0.262 e. The smallest absolute Gasteiger partial charge is 0.262 e. The Bertz CT molecular complexity index is 728. The van der Waals surface area contributed by atoms with Crippen LogP contribution in [0.1, 0.15) is 5.56 Å². The molecule has 0 bridgehead atoms. The summed E-state index contributed by atoms with van der Waals surface area (Å²) in [6, 6.07) is 9.95. The van der Waals surface area contributed by atoms with E-state index in [1.54, 1.807) is 11.6 Å². The van der Waals surface area contributed by atoms with E-state index in [1.807, 2.05) is 30.3 Å². The van der Waals surface area contributed by atoms with Gasteiger partial charge in [0.15, 0.2) is 5.03 Å². The normalized spacial score (nSPS) is 20.1. The molecule has 0 aliphatic carbocycles. The van der Waals surface area contributed by atoms with Crippen LogP contribution in [-0.2, 0) is 28.2 Å². The number of hydrogen-bond acceptors (Lipinski definition) is 4. The predicted octanol–water partition coefficient (Wildman–Crippen LogP) is 1.05. The van der Waals surface area contributed by atoms with Crippen molar-refractivity contribution in [3.63, 3.8) is 0 Å². The highest BCUT2D eigenvalue weighted by molar-refractivity contribution is 7.89. The van der Waals surface area contributed by atoms with Crippen LogP contribution in [0, 0.1) is 0 Å². The van der Waals surface area contributed by atoms with Gasteiger partial charge in [-0.05, 0) is 12.0 Å². The van der Waals surface area contributed by atoms with Crippen molar-refractivity contribution < 1.29 is 13.2 Å². The van der Waals surface area contributed by atoms with E-state index >= 15 is 0 Å². The van der Waals surface area contributed by atoms with Gasteiger partial charge in [0.25, 0.3) is 10.0 Å². The second-order valence-electron chi connectivity index (χ2n) is 5.42. The topological polar surface area (TPSA) is 64.4 Å². The van der Waals surface area contributed by atoms with Gasteiger partial charge in [0.1, 0.15) is 0 Å². The summed E-state index contributed by atoms with van der Waals surface area (Å²) in [4.78, 5) is 3.96. The highest BCUT2D eigenvalue weighted by atomic mass is 32.2. The van der Waals surface area contributed by atoms with Crippen molar-refractivity contribution in [2.45, 2.75) is 17.6 Å². The molecular weight excluding hydrogens is 302 g/mol. The first-order valence-electron chi connectivity index (χ1n) is 7.19. The van der Waals surface area contributed by atoms with Crippen molar-refractivity contribution in [2.24, 2.45) is 7.05 Å². The van der Waals surface area contributed by atoms with E-state index in [2.05, 4.69) is 4.98 Å². The number of morpholine rings is 1. The lowest BCUT2D eigenvalue weighted by molar-refractivity contribution is -0.000556. The summed E-state index contributed by atoms with van der Waals surface area (Å²) in [5.41, 5.74) is 1.14. The van der Waals surface area contributed by atoms with Crippen molar-refractivity contribution in [3.8, 4) is 0 Å². The van der Waals surface area contributed by atoms with Crippen LogP contribution in [0.15, 0.2) is 47.9 Å². The van der Waals surface area contributed by atoms with Gasteiger partial charge in [-0.25, -0.2) is 13.4 Å². The zero-order chi connectivity index (χ0) is 15.6. The lowest BCUT2D eigenvalue weighted by Gasteiger charge is -2.31. The summed E-state index contributed by atoms with van der Waals surface area (Å²) in [7, 11) is -1.79. The van der Waals surface area contributed by atoms with E-state index in [4.69, 9.17) is 4.74 Å². The molecule has 1 aliphatic heterocycles. The molecule has 0 spiro atoms. The van der Waals surface area contributed by atoms with Gasteiger partial charge < -0.3 is 9.30 Å². The van der Waals surface area contributed by atoms with Crippen LogP contribution in [0.5, 0.6) is 0 Å². The molecule has 3 rings (SSSR count). The second-order valence-corrected chi connectivity index (χ2v) is 7.31. The molecule has 0 radical (unpaired) electrons. The number of rotatable bonds is 4. The number of nitrogens with zero attached hydrogens (tertiary/aromatic N) is 3. The fourth-order valence-corrected chi connectivity index (χ4v) is 3.99. The summed E-state index contributed by atoms with van der Waals surface area (Å²) in [5, 5.41) is 0.0929. The molecule has 0 unspecified atom stereocenters. The number of imidazole rings is 1. The average molecular weight is 321 g/mol. The van der Waals surface area contributed by atoms with Gasteiger partial charge in [0.05, 0.1) is 19.0 Å². The van der Waals surface area contributed by atoms with Gasteiger partial charge in [-0.3, -0.25) is 0 Å². The Morgan fingerprint density at radius 1 is 1.32 bits per heavy atom. The Kier molecular flexibility index (Phi) is 4.28. The van der Waals surface area contributed by atoms with Crippen molar-refractivity contribution in [3.05, 3.63) is 48.4 Å². The minimum Gasteiger partial charge on any atom is -0.375 e. The van der Waals surface area contributed by atoms with Crippen LogP contribution in [0.2, 0.25) is 0 Å². The fraction of sp³-hybridized carbons (Fsp3) is 0.400. The molecule has 0 amide bonds. The van der Waals surface area contributed by atoms with Crippen molar-refractivity contribution in [1.29, 1.82) is 0 Å². The Labute approximate surface area is 130 Å². The molecule has 22 heavy (non-hydrogen) atoms. The molecule has 0 saturated carbocycles. The van der Waals surface area contributed by atoms with Gasteiger partial charge >= 0.3 is 0 Å². The van der Waals surface area contributed by atoms with Crippen LogP contribution in [0.25, 0.3) is 0 Å². The first-order valence-corrected chi connectivity index (χ1v) is 8.63. The first kappa shape index (κ1) is 15.2. The lowest BCUT2D eigenvalue weighted by atomic mass is 10.1. The number of benzene rings is 1. The largest absolute Gasteiger partial charge is 0.375 e. The van der Waals surface area contributed by atoms with Gasteiger partial charge in [-0.1, -0.05) is 30.3 Å². The van der Waals surface area contributed by atoms with Crippen LogP contribution < -0.4 is 0 Å². The van der Waals surface area contributed by atoms with Crippen LogP contribution in [0.4, 0.5) is 0 Å². The molecule has 118 valence electrons. The molecule has 1 atom stereocenters. The molecule has 1 fully saturated rings. The quantitative estimate of drug-likeness (QED) is 0.844. The Hall–Kier alpha value is -1.70. The number of sulfonamides is 1. The number of aryl methyl sites for hydroxylation is 1. The zero-order valence-corrected chi connectivity index (χ0v) is 13.2. The summed E-state index contributed by atoms with van der Waals surface area (Å²) >= 11 is 0. The molecule has 6 nitrogen and oxygen atoms in total. The lowest BCUT2D eigenvalue weighted by Crippen LogP contribution is -2.46. The third-order valence-electron chi connectivity index (χ3n) is 3.69. The van der Waals surface area contributed by atoms with E-state index in [9.17, 15) is 8.42 Å². The van der Waals surface area contributed by atoms with Gasteiger partial charge in [0, 0.05) is 26.3 Å². The summed E-state index contributed by atoms with van der Waals surface area (Å²) in [6.45, 7) is 1.13. The van der Waals surface area contributed by atoms with Crippen LogP contribution in [0.3, 0.4) is 0 Å². The maximum absolute atomic E-state index is 12.6. The van der Waals surface area contributed by atoms with Crippen LogP contribution >= 0.6 is 0 Å². The van der Waals surface area contributed by atoms with Crippen molar-refractivity contribution >= 4 is 10.0 Å². The third-order valence-corrected chi connectivity index (χ3v) is 5.44. The van der Waals surface area contributed by atoms with E-state index in [0.717, 1.165) is 5.56 Å². The predicted molar refractivity (Wildman–Crippen MR) is 81.9 cm³/mol. The standard InChI is InChI=1S/C15H19N3O3S/c1-17-11-15(16-12-17)22(19,20)18-7-8-21-14(10-18)9-13-5-3-2-4-6-13/h2-6,11-12,14H,7-10H2,1H3/t14-/m1/s1. The van der Waals surface area contributed by atoms with Crippen molar-refractivity contribution in [1.82, 2.24) is 13.9 Å². The Morgan fingerprint density at radius 2 is 2.09 bits per heavy atom. The van der Waals surface area contributed by atoms with Gasteiger partial charge in [0.2, 0.25) is 0 Å². The van der Waals surface area contributed by atoms with E-state index in [0.29, 0.717) is 26.1 Å². The van der Waals surface area contributed by atoms with Gasteiger partial charge in [-0.15, -0.1) is 0 Å². The first-order chi connectivity index (χ1) is 10.6. The highest BCUT2D eigenvalue weighted by Crippen LogP contribution is 2.19. The van der Waals surface area contributed by atoms with Crippen LogP contribution in [-0.4, -0.2) is 48.1 Å². The molecule has 1 aliphatic rings. The molecular formula is C15H19N3O3S. The fourth-order valence-electron chi connectivity index (χ4n) is 2.57. The summed E-state index contributed by atoms with van der Waals surface area (Å²) in [6.07, 6.45) is 3.59. The van der Waals surface area contributed by atoms with Gasteiger partial charge in [-0.2, -0.15) is 4.31 Å². The van der Waals surface area contributed by atoms with E-state index < -0.39 is 10.0 Å². The minimum atomic E-state index is -3.55. The summed E-state index contributed by atoms with van der Waals surface area (Å²) in [5.74, 6) is 0. The SMILES string of the molecule is Cn1cnc(S(=O)(=O)N2CCO[C@H](Cc3ccccc3)C2)c1. The third kappa shape index (κ3) is 3.21. The molecule has 1 saturated heterocycles. The number of aromatic nitrogens is 2. The molecule has 1 aromatic carbocycles. The molecule has 0 N–H and O–H groups in total. The minimum absolute atomic E-state index is 0.0929. The Morgan fingerprint density at radius 3 is 2.77 bits per heavy atom. The maximum atomic E-state index is 12.6. The molecule has 2 heterocycles. The molecule has 7 heteroatoms. The van der Waals surface area contributed by atoms with E-state index in [-0.39, 0.29) is 11.1 Å². The zero-order valence-electron chi connectivity index (χ0n) is 12.4. The monoisotopic (exact) mass is 321 g/mol. The Balaban J connectivity index is 1.73. The van der Waals surface area contributed by atoms with Crippen molar-refractivity contribution in [2.75, 3.05) is 19.7 Å². The number of ether oxygens (including phenoxy) is 1. The number of hydrogen-bond donors (Lipinski definition) is 0. The molecule has 2 aromatic rings. The molecule has 1 aromatic heterocycles. The highest BCUT2D eigenvalue weighted by Gasteiger charge is 2.32. The van der Waals surface area contributed by atoms with E-state index in [1.165, 1.54) is 16.8 Å². The average Bonchev–Trinajstić information content (AvgIpc) is 2.96.